The average Bonchev–Trinajstić information content (AvgIpc) is 2.65. The van der Waals surface area contributed by atoms with Crippen molar-refractivity contribution in [1.29, 1.82) is 0 Å². The lowest BCUT2D eigenvalue weighted by molar-refractivity contribution is 0.141. The molecule has 1 heterocycles. The van der Waals surface area contributed by atoms with Gasteiger partial charge in [0.2, 0.25) is 0 Å². The van der Waals surface area contributed by atoms with Gasteiger partial charge in [0.05, 0.1) is 12.8 Å². The number of anilines is 1. The lowest BCUT2D eigenvalue weighted by atomic mass is 9.89. The van der Waals surface area contributed by atoms with Crippen molar-refractivity contribution in [3.8, 4) is 5.75 Å². The Morgan fingerprint density at radius 1 is 1.27 bits per heavy atom. The SMILES string of the molecule is COc1cc(Br)cc2c1N(C(=O)OCc1ccccc1)C(C(C)C)CC2. The second kappa shape index (κ2) is 8.12. The van der Waals surface area contributed by atoms with E-state index in [2.05, 4.69) is 35.8 Å². The Hall–Kier alpha value is -2.01. The van der Waals surface area contributed by atoms with Crippen LogP contribution in [-0.4, -0.2) is 19.2 Å². The van der Waals surface area contributed by atoms with Crippen LogP contribution in [-0.2, 0) is 17.8 Å². The maximum absolute atomic E-state index is 13.0. The quantitative estimate of drug-likeness (QED) is 0.652. The second-order valence-electron chi connectivity index (χ2n) is 6.88. The van der Waals surface area contributed by atoms with Crippen molar-refractivity contribution >= 4 is 27.7 Å². The molecule has 1 atom stereocenters. The summed E-state index contributed by atoms with van der Waals surface area (Å²) < 4.78 is 12.2. The zero-order valence-electron chi connectivity index (χ0n) is 15.4. The molecule has 0 aliphatic carbocycles. The summed E-state index contributed by atoms with van der Waals surface area (Å²) in [6.07, 6.45) is 1.50. The van der Waals surface area contributed by atoms with E-state index in [4.69, 9.17) is 9.47 Å². The van der Waals surface area contributed by atoms with Crippen molar-refractivity contribution in [2.75, 3.05) is 12.0 Å². The number of rotatable bonds is 4. The Kier molecular flexibility index (Phi) is 5.87. The Bertz CT molecular complexity index is 759. The zero-order chi connectivity index (χ0) is 18.7. The van der Waals surface area contributed by atoms with E-state index < -0.39 is 0 Å². The van der Waals surface area contributed by atoms with E-state index >= 15 is 0 Å². The van der Waals surface area contributed by atoms with Gasteiger partial charge in [-0.25, -0.2) is 4.79 Å². The van der Waals surface area contributed by atoms with Gasteiger partial charge < -0.3 is 9.47 Å². The van der Waals surface area contributed by atoms with Crippen LogP contribution in [0.1, 0.15) is 31.4 Å². The predicted molar refractivity (Wildman–Crippen MR) is 107 cm³/mol. The predicted octanol–water partition coefficient (Wildman–Crippen LogP) is 5.57. The number of aryl methyl sites for hydroxylation is 1. The molecular formula is C21H24BrNO3. The van der Waals surface area contributed by atoms with Gasteiger partial charge >= 0.3 is 6.09 Å². The number of fused-ring (bicyclic) bond motifs is 1. The lowest BCUT2D eigenvalue weighted by Gasteiger charge is -2.39. The Balaban J connectivity index is 1.93. The van der Waals surface area contributed by atoms with Gasteiger partial charge in [-0.3, -0.25) is 4.90 Å². The molecule has 138 valence electrons. The maximum Gasteiger partial charge on any atom is 0.415 e. The van der Waals surface area contributed by atoms with Crippen LogP contribution in [0, 0.1) is 5.92 Å². The number of carbonyl (C=O) groups excluding carboxylic acids is 1. The summed E-state index contributed by atoms with van der Waals surface area (Å²) in [7, 11) is 1.63. The number of hydrogen-bond donors (Lipinski definition) is 0. The van der Waals surface area contributed by atoms with Gasteiger partial charge in [0, 0.05) is 10.5 Å². The number of hydrogen-bond acceptors (Lipinski definition) is 3. The van der Waals surface area contributed by atoms with Gasteiger partial charge in [-0.1, -0.05) is 60.1 Å². The summed E-state index contributed by atoms with van der Waals surface area (Å²) in [6, 6.07) is 13.8. The number of nitrogens with zero attached hydrogens (tertiary/aromatic N) is 1. The minimum atomic E-state index is -0.325. The molecule has 1 amide bonds. The summed E-state index contributed by atoms with van der Waals surface area (Å²) >= 11 is 3.53. The molecule has 3 rings (SSSR count). The highest BCUT2D eigenvalue weighted by Crippen LogP contribution is 2.42. The van der Waals surface area contributed by atoms with Crippen molar-refractivity contribution in [3.05, 3.63) is 58.1 Å². The van der Waals surface area contributed by atoms with Crippen LogP contribution in [0.15, 0.2) is 46.9 Å². The van der Waals surface area contributed by atoms with E-state index in [-0.39, 0.29) is 18.7 Å². The highest BCUT2D eigenvalue weighted by molar-refractivity contribution is 9.10. The third-order valence-corrected chi connectivity index (χ3v) is 5.25. The highest BCUT2D eigenvalue weighted by Gasteiger charge is 2.36. The average molecular weight is 418 g/mol. The van der Waals surface area contributed by atoms with Crippen LogP contribution in [0.25, 0.3) is 0 Å². The second-order valence-corrected chi connectivity index (χ2v) is 7.79. The fourth-order valence-corrected chi connectivity index (χ4v) is 3.98. The number of ether oxygens (including phenoxy) is 2. The lowest BCUT2D eigenvalue weighted by Crippen LogP contribution is -2.47. The summed E-state index contributed by atoms with van der Waals surface area (Å²) in [6.45, 7) is 4.53. The molecule has 2 aromatic carbocycles. The van der Waals surface area contributed by atoms with Gasteiger partial charge in [-0.2, -0.15) is 0 Å². The van der Waals surface area contributed by atoms with Crippen molar-refractivity contribution < 1.29 is 14.3 Å². The molecule has 1 aliphatic heterocycles. The molecule has 0 fully saturated rings. The van der Waals surface area contributed by atoms with Crippen molar-refractivity contribution in [2.24, 2.45) is 5.92 Å². The summed E-state index contributed by atoms with van der Waals surface area (Å²) in [4.78, 5) is 14.8. The van der Waals surface area contributed by atoms with Crippen molar-refractivity contribution in [1.82, 2.24) is 0 Å². The highest BCUT2D eigenvalue weighted by atomic mass is 79.9. The summed E-state index contributed by atoms with van der Waals surface area (Å²) in [5.41, 5.74) is 2.91. The normalized spacial score (nSPS) is 16.3. The molecule has 0 saturated carbocycles. The Labute approximate surface area is 163 Å². The molecule has 1 aliphatic rings. The van der Waals surface area contributed by atoms with Crippen LogP contribution < -0.4 is 9.64 Å². The molecule has 4 nitrogen and oxygen atoms in total. The summed E-state index contributed by atoms with van der Waals surface area (Å²) in [5.74, 6) is 1.01. The topological polar surface area (TPSA) is 38.8 Å². The first-order valence-corrected chi connectivity index (χ1v) is 9.67. The van der Waals surface area contributed by atoms with Gasteiger partial charge in [0.15, 0.2) is 0 Å². The minimum absolute atomic E-state index is 0.0841. The van der Waals surface area contributed by atoms with Crippen LogP contribution in [0.4, 0.5) is 10.5 Å². The zero-order valence-corrected chi connectivity index (χ0v) is 17.0. The van der Waals surface area contributed by atoms with Crippen LogP contribution >= 0.6 is 15.9 Å². The molecule has 0 aromatic heterocycles. The molecule has 0 bridgehead atoms. The molecule has 0 spiro atoms. The molecule has 1 unspecified atom stereocenters. The minimum Gasteiger partial charge on any atom is -0.495 e. The van der Waals surface area contributed by atoms with E-state index in [9.17, 15) is 4.79 Å². The fourth-order valence-electron chi connectivity index (χ4n) is 3.49. The van der Waals surface area contributed by atoms with Gasteiger partial charge in [-0.05, 0) is 42.0 Å². The van der Waals surface area contributed by atoms with E-state index in [1.807, 2.05) is 36.4 Å². The van der Waals surface area contributed by atoms with E-state index in [0.29, 0.717) is 11.7 Å². The smallest absolute Gasteiger partial charge is 0.415 e. The van der Waals surface area contributed by atoms with Gasteiger partial charge in [0.25, 0.3) is 0 Å². The fraction of sp³-hybridized carbons (Fsp3) is 0.381. The molecule has 0 radical (unpaired) electrons. The molecule has 2 aromatic rings. The molecule has 5 heteroatoms. The number of methoxy groups -OCH3 is 1. The number of halogens is 1. The van der Waals surface area contributed by atoms with E-state index in [0.717, 1.165) is 34.1 Å². The number of carbonyl (C=O) groups is 1. The first-order chi connectivity index (χ1) is 12.5. The van der Waals surface area contributed by atoms with Crippen molar-refractivity contribution in [3.63, 3.8) is 0 Å². The molecule has 26 heavy (non-hydrogen) atoms. The maximum atomic E-state index is 13.0. The third-order valence-electron chi connectivity index (χ3n) is 4.79. The number of benzene rings is 2. The van der Waals surface area contributed by atoms with Crippen molar-refractivity contribution in [2.45, 2.75) is 39.3 Å². The first-order valence-electron chi connectivity index (χ1n) is 8.87. The molecular weight excluding hydrogens is 394 g/mol. The van der Waals surface area contributed by atoms with E-state index in [1.54, 1.807) is 12.0 Å². The standard InChI is InChI=1S/C21H24BrNO3/c1-14(2)18-10-9-16-11-17(22)12-19(25-3)20(16)23(18)21(24)26-13-15-7-5-4-6-8-15/h4-8,11-12,14,18H,9-10,13H2,1-3H3. The van der Waals surface area contributed by atoms with Crippen LogP contribution in [0.2, 0.25) is 0 Å². The molecule has 0 saturated heterocycles. The monoisotopic (exact) mass is 417 g/mol. The first kappa shape index (κ1) is 18.8. The van der Waals surface area contributed by atoms with E-state index in [1.165, 1.54) is 0 Å². The Morgan fingerprint density at radius 2 is 2.00 bits per heavy atom. The largest absolute Gasteiger partial charge is 0.495 e. The summed E-state index contributed by atoms with van der Waals surface area (Å²) in [5, 5.41) is 0. The molecule has 0 N–H and O–H groups in total. The number of amides is 1. The van der Waals surface area contributed by atoms with Crippen LogP contribution in [0.5, 0.6) is 5.75 Å². The van der Waals surface area contributed by atoms with Gasteiger partial charge in [0.1, 0.15) is 12.4 Å². The van der Waals surface area contributed by atoms with Gasteiger partial charge in [-0.15, -0.1) is 0 Å². The van der Waals surface area contributed by atoms with Crippen LogP contribution in [0.3, 0.4) is 0 Å². The third kappa shape index (κ3) is 3.88. The Morgan fingerprint density at radius 3 is 2.65 bits per heavy atom.